The van der Waals surface area contributed by atoms with Gasteiger partial charge in [-0.25, -0.2) is 0 Å². The molecule has 0 radical (unpaired) electrons. The minimum absolute atomic E-state index is 0.0709. The van der Waals surface area contributed by atoms with E-state index in [4.69, 9.17) is 0 Å². The molecular formula is C19H23N5O. The number of nitrogens with one attached hydrogen (secondary N) is 1. The first-order valence-electron chi connectivity index (χ1n) is 8.74. The van der Waals surface area contributed by atoms with Gasteiger partial charge in [0.25, 0.3) is 0 Å². The first-order valence-corrected chi connectivity index (χ1v) is 8.74. The molecule has 1 aromatic heterocycles. The molecule has 2 aliphatic rings. The third-order valence-corrected chi connectivity index (χ3v) is 5.14. The molecule has 0 bridgehead atoms. The van der Waals surface area contributed by atoms with Gasteiger partial charge in [-0.05, 0) is 43.1 Å². The maximum Gasteiger partial charge on any atom is 0.221 e. The topological polar surface area (TPSA) is 61.4 Å². The zero-order chi connectivity index (χ0) is 17.4. The second-order valence-electron chi connectivity index (χ2n) is 7.18. The van der Waals surface area contributed by atoms with E-state index in [0.29, 0.717) is 0 Å². The normalized spacial score (nSPS) is 22.9. The molecule has 1 N–H and O–H groups in total. The van der Waals surface area contributed by atoms with Crippen molar-refractivity contribution in [3.8, 4) is 11.3 Å². The molecule has 3 heterocycles. The Hall–Kier alpha value is -2.47. The van der Waals surface area contributed by atoms with Crippen molar-refractivity contribution in [2.24, 2.45) is 11.8 Å². The number of benzene rings is 1. The summed E-state index contributed by atoms with van der Waals surface area (Å²) in [5.74, 6) is 2.41. The van der Waals surface area contributed by atoms with Crippen LogP contribution in [0.4, 0.5) is 11.5 Å². The minimum atomic E-state index is -0.0709. The molecule has 1 amide bonds. The molecule has 4 rings (SSSR count). The van der Waals surface area contributed by atoms with Crippen LogP contribution in [0.5, 0.6) is 0 Å². The Bertz CT molecular complexity index is 744. The third kappa shape index (κ3) is 3.35. The summed E-state index contributed by atoms with van der Waals surface area (Å²) in [6.45, 7) is 6.03. The second kappa shape index (κ2) is 6.44. The average Bonchev–Trinajstić information content (AvgIpc) is 3.12. The molecule has 0 aliphatic carbocycles. The number of carbonyl (C=O) groups is 1. The number of anilines is 2. The second-order valence-corrected chi connectivity index (χ2v) is 7.18. The lowest BCUT2D eigenvalue weighted by molar-refractivity contribution is -0.114. The summed E-state index contributed by atoms with van der Waals surface area (Å²) in [4.78, 5) is 15.9. The molecule has 2 saturated heterocycles. The number of amides is 1. The highest BCUT2D eigenvalue weighted by Crippen LogP contribution is 2.32. The fourth-order valence-electron chi connectivity index (χ4n) is 3.99. The number of nitrogens with zero attached hydrogens (tertiary/aromatic N) is 4. The Kier molecular flexibility index (Phi) is 4.13. The molecule has 25 heavy (non-hydrogen) atoms. The van der Waals surface area contributed by atoms with Gasteiger partial charge in [0.15, 0.2) is 5.82 Å². The van der Waals surface area contributed by atoms with E-state index < -0.39 is 0 Å². The van der Waals surface area contributed by atoms with Gasteiger partial charge in [-0.15, -0.1) is 10.2 Å². The highest BCUT2D eigenvalue weighted by atomic mass is 16.1. The molecule has 6 heteroatoms. The van der Waals surface area contributed by atoms with E-state index in [1.165, 1.54) is 20.0 Å². The van der Waals surface area contributed by atoms with Crippen molar-refractivity contribution >= 4 is 17.4 Å². The molecule has 2 aliphatic heterocycles. The van der Waals surface area contributed by atoms with Crippen LogP contribution in [0.15, 0.2) is 36.4 Å². The molecule has 0 saturated carbocycles. The molecule has 130 valence electrons. The summed E-state index contributed by atoms with van der Waals surface area (Å²) in [5.41, 5.74) is 2.62. The Morgan fingerprint density at radius 1 is 1.00 bits per heavy atom. The SMILES string of the molecule is CC(=O)Nc1ccc(-c2ccc(N3CC4CN(C)CC4C3)nn2)cc1. The maximum atomic E-state index is 11.1. The van der Waals surface area contributed by atoms with Crippen molar-refractivity contribution in [3.05, 3.63) is 36.4 Å². The number of fused-ring (bicyclic) bond motifs is 1. The summed E-state index contributed by atoms with van der Waals surface area (Å²) in [5, 5.41) is 11.6. The number of aromatic nitrogens is 2. The third-order valence-electron chi connectivity index (χ3n) is 5.14. The number of hydrogen-bond acceptors (Lipinski definition) is 5. The number of carbonyl (C=O) groups excluding carboxylic acids is 1. The lowest BCUT2D eigenvalue weighted by atomic mass is 10.0. The maximum absolute atomic E-state index is 11.1. The Labute approximate surface area is 147 Å². The Balaban J connectivity index is 1.45. The number of likely N-dealkylation sites (tertiary alicyclic amines) is 1. The molecule has 2 fully saturated rings. The predicted octanol–water partition coefficient (Wildman–Crippen LogP) is 2.10. The standard InChI is InChI=1S/C19H23N5O/c1-13(25)20-17-5-3-14(4-6-17)18-7-8-19(22-21-18)24-11-15-9-23(2)10-16(15)12-24/h3-8,15-16H,9-12H2,1-2H3,(H,20,25). The molecular weight excluding hydrogens is 314 g/mol. The lowest BCUT2D eigenvalue weighted by Crippen LogP contribution is -2.27. The van der Waals surface area contributed by atoms with Crippen LogP contribution in [0.2, 0.25) is 0 Å². The zero-order valence-electron chi connectivity index (χ0n) is 14.6. The first-order chi connectivity index (χ1) is 12.1. The van der Waals surface area contributed by atoms with Crippen molar-refractivity contribution in [3.63, 3.8) is 0 Å². The summed E-state index contributed by atoms with van der Waals surface area (Å²) < 4.78 is 0. The van der Waals surface area contributed by atoms with Crippen LogP contribution in [0.25, 0.3) is 11.3 Å². The quantitative estimate of drug-likeness (QED) is 0.929. The van der Waals surface area contributed by atoms with Gasteiger partial charge in [-0.2, -0.15) is 0 Å². The van der Waals surface area contributed by atoms with Gasteiger partial charge >= 0.3 is 0 Å². The van der Waals surface area contributed by atoms with Gasteiger partial charge in [-0.3, -0.25) is 4.79 Å². The molecule has 2 aromatic rings. The molecule has 2 atom stereocenters. The zero-order valence-corrected chi connectivity index (χ0v) is 14.6. The molecule has 0 spiro atoms. The average molecular weight is 337 g/mol. The van der Waals surface area contributed by atoms with Crippen LogP contribution < -0.4 is 10.2 Å². The first kappa shape index (κ1) is 16.0. The number of hydrogen-bond donors (Lipinski definition) is 1. The van der Waals surface area contributed by atoms with Gasteiger partial charge in [0.2, 0.25) is 5.91 Å². The molecule has 2 unspecified atom stereocenters. The summed E-state index contributed by atoms with van der Waals surface area (Å²) in [7, 11) is 2.20. The molecule has 1 aromatic carbocycles. The van der Waals surface area contributed by atoms with E-state index in [9.17, 15) is 4.79 Å². The van der Waals surface area contributed by atoms with Crippen molar-refractivity contribution < 1.29 is 4.79 Å². The van der Waals surface area contributed by atoms with Gasteiger partial charge in [-0.1, -0.05) is 12.1 Å². The van der Waals surface area contributed by atoms with Crippen molar-refractivity contribution in [2.75, 3.05) is 43.4 Å². The smallest absolute Gasteiger partial charge is 0.221 e. The fraction of sp³-hybridized carbons (Fsp3) is 0.421. The molecule has 6 nitrogen and oxygen atoms in total. The monoisotopic (exact) mass is 337 g/mol. The highest BCUT2D eigenvalue weighted by molar-refractivity contribution is 5.88. The van der Waals surface area contributed by atoms with E-state index in [1.807, 2.05) is 30.3 Å². The van der Waals surface area contributed by atoms with E-state index in [0.717, 1.165) is 47.7 Å². The number of rotatable bonds is 3. The fourth-order valence-corrected chi connectivity index (χ4v) is 3.99. The van der Waals surface area contributed by atoms with E-state index >= 15 is 0 Å². The van der Waals surface area contributed by atoms with Crippen molar-refractivity contribution in [2.45, 2.75) is 6.92 Å². The summed E-state index contributed by atoms with van der Waals surface area (Å²) >= 11 is 0. The Morgan fingerprint density at radius 3 is 2.24 bits per heavy atom. The highest BCUT2D eigenvalue weighted by Gasteiger charge is 2.39. The summed E-state index contributed by atoms with van der Waals surface area (Å²) in [6.07, 6.45) is 0. The largest absolute Gasteiger partial charge is 0.354 e. The van der Waals surface area contributed by atoms with Crippen LogP contribution in [0.3, 0.4) is 0 Å². The van der Waals surface area contributed by atoms with Crippen LogP contribution >= 0.6 is 0 Å². The van der Waals surface area contributed by atoms with Gasteiger partial charge < -0.3 is 15.1 Å². The summed E-state index contributed by atoms with van der Waals surface area (Å²) in [6, 6.07) is 11.7. The van der Waals surface area contributed by atoms with Crippen LogP contribution in [0.1, 0.15) is 6.92 Å². The van der Waals surface area contributed by atoms with Gasteiger partial charge in [0.05, 0.1) is 5.69 Å². The van der Waals surface area contributed by atoms with E-state index in [2.05, 4.69) is 38.4 Å². The van der Waals surface area contributed by atoms with Crippen molar-refractivity contribution in [1.29, 1.82) is 0 Å². The van der Waals surface area contributed by atoms with E-state index in [1.54, 1.807) is 0 Å². The van der Waals surface area contributed by atoms with Crippen LogP contribution in [0, 0.1) is 11.8 Å². The van der Waals surface area contributed by atoms with Gasteiger partial charge in [0, 0.05) is 44.4 Å². The van der Waals surface area contributed by atoms with Crippen LogP contribution in [-0.2, 0) is 4.79 Å². The predicted molar refractivity (Wildman–Crippen MR) is 98.5 cm³/mol. The van der Waals surface area contributed by atoms with Crippen molar-refractivity contribution in [1.82, 2.24) is 15.1 Å². The minimum Gasteiger partial charge on any atom is -0.354 e. The van der Waals surface area contributed by atoms with E-state index in [-0.39, 0.29) is 5.91 Å². The Morgan fingerprint density at radius 2 is 1.68 bits per heavy atom. The van der Waals surface area contributed by atoms with Crippen LogP contribution in [-0.4, -0.2) is 54.2 Å². The van der Waals surface area contributed by atoms with Gasteiger partial charge in [0.1, 0.15) is 0 Å². The lowest BCUT2D eigenvalue weighted by Gasteiger charge is -2.19.